The van der Waals surface area contributed by atoms with Crippen LogP contribution in [0.4, 0.5) is 0 Å². The van der Waals surface area contributed by atoms with Crippen molar-refractivity contribution in [1.82, 2.24) is 0 Å². The van der Waals surface area contributed by atoms with Gasteiger partial charge in [0.1, 0.15) is 0 Å². The maximum Gasteiger partial charge on any atom is 0.0678 e. The van der Waals surface area contributed by atoms with E-state index in [1.54, 1.807) is 0 Å². The van der Waals surface area contributed by atoms with Gasteiger partial charge in [0.05, 0.1) is 9.16 Å². The van der Waals surface area contributed by atoms with Crippen molar-refractivity contribution < 1.29 is 0 Å². The first-order valence-corrected chi connectivity index (χ1v) is 13.9. The Morgan fingerprint density at radius 2 is 1.33 bits per heavy atom. The third-order valence-corrected chi connectivity index (χ3v) is 11.9. The lowest BCUT2D eigenvalue weighted by molar-refractivity contribution is 1.23. The summed E-state index contributed by atoms with van der Waals surface area (Å²) < 4.78 is 1.45. The summed E-state index contributed by atoms with van der Waals surface area (Å²) in [5, 5.41) is 5.89. The monoisotopic (exact) mass is 432 g/mol. The standard InChI is InChI=1S/C13H20S8/c14-3-1-10-5-18-12(20-10)7-16-9-17-8-13-19-6-11(21-13)2-4-15/h5-6,12-15H,1-4,7-9H2. The largest absolute Gasteiger partial charge is 0.179 e. The molecule has 0 spiro atoms. The van der Waals surface area contributed by atoms with Gasteiger partial charge in [-0.05, 0) is 45.0 Å². The van der Waals surface area contributed by atoms with Gasteiger partial charge in [0.2, 0.25) is 0 Å². The van der Waals surface area contributed by atoms with E-state index in [1.807, 2.05) is 47.0 Å². The molecule has 0 N–H and O–H groups in total. The average molecular weight is 433 g/mol. The predicted octanol–water partition coefficient (Wildman–Crippen LogP) is 6.35. The molecule has 2 atom stereocenters. The molecule has 0 aromatic rings. The second kappa shape index (κ2) is 11.8. The number of hydrogen-bond acceptors (Lipinski definition) is 8. The van der Waals surface area contributed by atoms with Crippen LogP contribution in [0.2, 0.25) is 0 Å². The molecule has 0 fully saturated rings. The van der Waals surface area contributed by atoms with E-state index in [9.17, 15) is 0 Å². The summed E-state index contributed by atoms with van der Waals surface area (Å²) in [5.41, 5.74) is 0. The minimum atomic E-state index is 0.726. The van der Waals surface area contributed by atoms with Crippen LogP contribution in [0.5, 0.6) is 0 Å². The Morgan fingerprint density at radius 1 is 0.857 bits per heavy atom. The molecule has 0 nitrogen and oxygen atoms in total. The van der Waals surface area contributed by atoms with E-state index >= 15 is 0 Å². The van der Waals surface area contributed by atoms with Crippen LogP contribution in [-0.2, 0) is 0 Å². The second-order valence-electron chi connectivity index (χ2n) is 4.34. The Labute approximate surface area is 165 Å². The van der Waals surface area contributed by atoms with E-state index in [-0.39, 0.29) is 0 Å². The highest BCUT2D eigenvalue weighted by Crippen LogP contribution is 2.44. The van der Waals surface area contributed by atoms with Gasteiger partial charge in [0.25, 0.3) is 0 Å². The van der Waals surface area contributed by atoms with Gasteiger partial charge in [-0.3, -0.25) is 0 Å². The molecule has 0 aliphatic carbocycles. The zero-order valence-electron chi connectivity index (χ0n) is 11.6. The van der Waals surface area contributed by atoms with Crippen LogP contribution in [0.3, 0.4) is 0 Å². The quantitative estimate of drug-likeness (QED) is 0.233. The van der Waals surface area contributed by atoms with E-state index in [2.05, 4.69) is 59.6 Å². The zero-order chi connectivity index (χ0) is 14.9. The van der Waals surface area contributed by atoms with Crippen LogP contribution < -0.4 is 0 Å². The molecule has 2 heterocycles. The molecule has 0 bridgehead atoms. The third kappa shape index (κ3) is 7.80. The first-order valence-electron chi connectivity index (χ1n) is 6.71. The maximum absolute atomic E-state index is 4.30. The maximum atomic E-state index is 4.30. The molecule has 2 unspecified atom stereocenters. The molecule has 21 heavy (non-hydrogen) atoms. The summed E-state index contributed by atoms with van der Waals surface area (Å²) in [5.74, 6) is 4.44. The first kappa shape index (κ1) is 19.6. The highest BCUT2D eigenvalue weighted by molar-refractivity contribution is 8.25. The van der Waals surface area contributed by atoms with Gasteiger partial charge < -0.3 is 0 Å². The van der Waals surface area contributed by atoms with Crippen LogP contribution in [0.1, 0.15) is 12.8 Å². The zero-order valence-corrected chi connectivity index (χ0v) is 18.3. The van der Waals surface area contributed by atoms with Gasteiger partial charge in [0.15, 0.2) is 0 Å². The fourth-order valence-electron chi connectivity index (χ4n) is 1.70. The van der Waals surface area contributed by atoms with E-state index in [4.69, 9.17) is 0 Å². The van der Waals surface area contributed by atoms with E-state index in [1.165, 1.54) is 26.4 Å². The Hall–Kier alpha value is 2.28. The summed E-state index contributed by atoms with van der Waals surface area (Å²) >= 11 is 20.9. The summed E-state index contributed by atoms with van der Waals surface area (Å²) in [6, 6.07) is 0. The van der Waals surface area contributed by atoms with E-state index in [0.717, 1.165) is 33.5 Å². The average Bonchev–Trinajstić information content (AvgIpc) is 3.09. The molecule has 0 amide bonds. The van der Waals surface area contributed by atoms with E-state index in [0.29, 0.717) is 0 Å². The minimum absolute atomic E-state index is 0.726. The van der Waals surface area contributed by atoms with Crippen molar-refractivity contribution in [2.75, 3.05) is 28.1 Å². The SMILES string of the molecule is SCCC1=CSC(CSCSCC2SC=C(CCS)S2)S1. The molecule has 2 aliphatic heterocycles. The fourth-order valence-corrected chi connectivity index (χ4v) is 10.7. The van der Waals surface area contributed by atoms with Gasteiger partial charge in [-0.25, -0.2) is 0 Å². The van der Waals surface area contributed by atoms with Gasteiger partial charge in [-0.2, -0.15) is 25.3 Å². The lowest BCUT2D eigenvalue weighted by Crippen LogP contribution is -1.99. The Kier molecular flexibility index (Phi) is 11.0. The van der Waals surface area contributed by atoms with Crippen LogP contribution in [0.25, 0.3) is 0 Å². The minimum Gasteiger partial charge on any atom is -0.179 e. The smallest absolute Gasteiger partial charge is 0.0678 e. The summed E-state index contributed by atoms with van der Waals surface area (Å²) in [6.45, 7) is 0. The van der Waals surface area contributed by atoms with Crippen LogP contribution >= 0.6 is 95.8 Å². The Balaban J connectivity index is 1.45. The number of rotatable bonds is 10. The third-order valence-electron chi connectivity index (χ3n) is 2.66. The van der Waals surface area contributed by atoms with Crippen LogP contribution in [0, 0.1) is 0 Å². The molecule has 0 saturated carbocycles. The number of thioether (sulfide) groups is 6. The van der Waals surface area contributed by atoms with Gasteiger partial charge in [-0.15, -0.1) is 70.6 Å². The van der Waals surface area contributed by atoms with Gasteiger partial charge in [0, 0.05) is 16.6 Å². The fraction of sp³-hybridized carbons (Fsp3) is 0.692. The lowest BCUT2D eigenvalue weighted by atomic mass is 10.5. The molecular formula is C13H20S8. The second-order valence-corrected chi connectivity index (χ2v) is 13.1. The molecule has 2 aliphatic rings. The molecule has 0 saturated heterocycles. The Morgan fingerprint density at radius 3 is 1.76 bits per heavy atom. The van der Waals surface area contributed by atoms with Gasteiger partial charge in [-0.1, -0.05) is 0 Å². The van der Waals surface area contributed by atoms with Crippen molar-refractivity contribution in [3.63, 3.8) is 0 Å². The highest BCUT2D eigenvalue weighted by Gasteiger charge is 2.19. The van der Waals surface area contributed by atoms with Crippen molar-refractivity contribution in [2.24, 2.45) is 0 Å². The normalized spacial score (nSPS) is 25.2. The molecule has 0 radical (unpaired) electrons. The molecule has 120 valence electrons. The first-order chi connectivity index (χ1) is 10.3. The van der Waals surface area contributed by atoms with Crippen molar-refractivity contribution >= 4 is 95.8 Å². The van der Waals surface area contributed by atoms with Gasteiger partial charge >= 0.3 is 0 Å². The van der Waals surface area contributed by atoms with Crippen LogP contribution in [0.15, 0.2) is 20.6 Å². The molecule has 2 rings (SSSR count). The topological polar surface area (TPSA) is 0 Å². The van der Waals surface area contributed by atoms with Crippen molar-refractivity contribution in [3.05, 3.63) is 20.6 Å². The number of hydrogen-bond donors (Lipinski definition) is 2. The van der Waals surface area contributed by atoms with Crippen molar-refractivity contribution in [3.8, 4) is 0 Å². The van der Waals surface area contributed by atoms with Crippen LogP contribution in [-0.4, -0.2) is 37.3 Å². The summed E-state index contributed by atoms with van der Waals surface area (Å²) in [7, 11) is 0. The van der Waals surface area contributed by atoms with Crippen molar-refractivity contribution in [2.45, 2.75) is 22.0 Å². The van der Waals surface area contributed by atoms with Crippen molar-refractivity contribution in [1.29, 1.82) is 0 Å². The van der Waals surface area contributed by atoms with E-state index < -0.39 is 0 Å². The highest BCUT2D eigenvalue weighted by atomic mass is 32.2. The summed E-state index contributed by atoms with van der Waals surface area (Å²) in [4.78, 5) is 3.05. The Bertz CT molecular complexity index is 333. The number of thiol groups is 2. The molecular weight excluding hydrogens is 413 g/mol. The molecule has 0 aromatic heterocycles. The summed E-state index contributed by atoms with van der Waals surface area (Å²) in [6.07, 6.45) is 2.27. The lowest BCUT2D eigenvalue weighted by Gasteiger charge is -2.10. The predicted molar refractivity (Wildman–Crippen MR) is 121 cm³/mol. The number of allylic oxidation sites excluding steroid dienone is 2. The molecule has 0 aromatic carbocycles. The molecule has 8 heteroatoms.